The van der Waals surface area contributed by atoms with Crippen molar-refractivity contribution >= 4 is 40.9 Å². The fraction of sp³-hybridized carbons (Fsp3) is 0.176. The summed E-state index contributed by atoms with van der Waals surface area (Å²) in [5.41, 5.74) is 1.97. The van der Waals surface area contributed by atoms with Gasteiger partial charge in [0.2, 0.25) is 5.91 Å². The Morgan fingerprint density at radius 2 is 1.83 bits per heavy atom. The quantitative estimate of drug-likeness (QED) is 0.812. The second kappa shape index (κ2) is 8.04. The highest BCUT2D eigenvalue weighted by molar-refractivity contribution is 7.98. The number of carbonyl (C=O) groups is 2. The second-order valence-electron chi connectivity index (χ2n) is 4.85. The molecule has 2 aromatic rings. The molecule has 23 heavy (non-hydrogen) atoms. The minimum atomic E-state index is -0.259. The van der Waals surface area contributed by atoms with Crippen LogP contribution in [0.1, 0.15) is 15.9 Å². The van der Waals surface area contributed by atoms with Crippen molar-refractivity contribution in [1.82, 2.24) is 5.32 Å². The summed E-state index contributed by atoms with van der Waals surface area (Å²) in [6.45, 7) is 0. The Bertz CT molecular complexity index is 717. The van der Waals surface area contributed by atoms with Gasteiger partial charge in [-0.25, -0.2) is 0 Å². The van der Waals surface area contributed by atoms with E-state index in [0.29, 0.717) is 22.7 Å². The Morgan fingerprint density at radius 1 is 1.13 bits per heavy atom. The molecular weight excluding hydrogens is 332 g/mol. The van der Waals surface area contributed by atoms with E-state index in [4.69, 9.17) is 11.6 Å². The number of likely N-dealkylation sites (N-methyl/N-ethyl adjacent to an activating group) is 1. The van der Waals surface area contributed by atoms with Crippen LogP contribution in [0.3, 0.4) is 0 Å². The van der Waals surface area contributed by atoms with Crippen molar-refractivity contribution in [3.8, 4) is 0 Å². The second-order valence-corrected chi connectivity index (χ2v) is 6.13. The summed E-state index contributed by atoms with van der Waals surface area (Å²) in [7, 11) is 1.60. The van der Waals surface area contributed by atoms with Gasteiger partial charge in [0.15, 0.2) is 0 Å². The van der Waals surface area contributed by atoms with Gasteiger partial charge in [-0.15, -0.1) is 11.8 Å². The molecule has 120 valence electrons. The maximum Gasteiger partial charge on any atom is 0.257 e. The summed E-state index contributed by atoms with van der Waals surface area (Å²) in [6, 6.07) is 12.5. The van der Waals surface area contributed by atoms with Crippen LogP contribution in [0, 0.1) is 0 Å². The molecule has 0 radical (unpaired) electrons. The van der Waals surface area contributed by atoms with Gasteiger partial charge >= 0.3 is 0 Å². The van der Waals surface area contributed by atoms with Crippen molar-refractivity contribution in [3.05, 3.63) is 58.6 Å². The standard InChI is InChI=1S/C17H17ClN2O2S/c1-19-16(21)9-11-3-5-12(6-4-11)20-17(22)14-10-13(23-2)7-8-15(14)18/h3-8,10H,9H2,1-2H3,(H,19,21)(H,20,22). The summed E-state index contributed by atoms with van der Waals surface area (Å²) < 4.78 is 0. The van der Waals surface area contributed by atoms with Crippen LogP contribution < -0.4 is 10.6 Å². The van der Waals surface area contributed by atoms with Crippen LogP contribution in [0.5, 0.6) is 0 Å². The fourth-order valence-corrected chi connectivity index (χ4v) is 2.63. The monoisotopic (exact) mass is 348 g/mol. The third kappa shape index (κ3) is 4.74. The maximum absolute atomic E-state index is 12.3. The van der Waals surface area contributed by atoms with Crippen LogP contribution in [0.4, 0.5) is 5.69 Å². The molecule has 4 nitrogen and oxygen atoms in total. The number of thioether (sulfide) groups is 1. The van der Waals surface area contributed by atoms with Crippen molar-refractivity contribution in [3.63, 3.8) is 0 Å². The zero-order chi connectivity index (χ0) is 16.8. The van der Waals surface area contributed by atoms with Crippen LogP contribution >= 0.6 is 23.4 Å². The lowest BCUT2D eigenvalue weighted by Gasteiger charge is -2.09. The van der Waals surface area contributed by atoms with Gasteiger partial charge < -0.3 is 10.6 Å². The van der Waals surface area contributed by atoms with Crippen molar-refractivity contribution in [1.29, 1.82) is 0 Å². The highest BCUT2D eigenvalue weighted by atomic mass is 35.5. The van der Waals surface area contributed by atoms with Gasteiger partial charge in [0.1, 0.15) is 0 Å². The zero-order valence-corrected chi connectivity index (χ0v) is 14.4. The molecule has 0 fully saturated rings. The molecule has 2 amide bonds. The average molecular weight is 349 g/mol. The summed E-state index contributed by atoms with van der Waals surface area (Å²) in [6.07, 6.45) is 2.25. The van der Waals surface area contributed by atoms with Crippen LogP contribution in [-0.2, 0) is 11.2 Å². The predicted molar refractivity (Wildman–Crippen MR) is 95.4 cm³/mol. The molecule has 0 saturated heterocycles. The summed E-state index contributed by atoms with van der Waals surface area (Å²) in [5, 5.41) is 5.80. The molecule has 0 bridgehead atoms. The summed E-state index contributed by atoms with van der Waals surface area (Å²) >= 11 is 7.65. The number of benzene rings is 2. The molecule has 0 aliphatic carbocycles. The number of nitrogens with one attached hydrogen (secondary N) is 2. The van der Waals surface area contributed by atoms with Gasteiger partial charge in [-0.1, -0.05) is 23.7 Å². The van der Waals surface area contributed by atoms with Gasteiger partial charge in [0.25, 0.3) is 5.91 Å². The molecule has 0 saturated carbocycles. The summed E-state index contributed by atoms with van der Waals surface area (Å²) in [4.78, 5) is 24.6. The highest BCUT2D eigenvalue weighted by Gasteiger charge is 2.11. The molecule has 0 spiro atoms. The van der Waals surface area contributed by atoms with Gasteiger partial charge in [-0.3, -0.25) is 9.59 Å². The summed E-state index contributed by atoms with van der Waals surface area (Å²) in [5.74, 6) is -0.313. The molecule has 2 rings (SSSR count). The molecule has 0 heterocycles. The largest absolute Gasteiger partial charge is 0.359 e. The van der Waals surface area contributed by atoms with E-state index in [2.05, 4.69) is 10.6 Å². The SMILES string of the molecule is CNC(=O)Cc1ccc(NC(=O)c2cc(SC)ccc2Cl)cc1. The molecule has 0 aliphatic rings. The van der Waals surface area contributed by atoms with Crippen LogP contribution in [0.15, 0.2) is 47.4 Å². The van der Waals surface area contributed by atoms with E-state index in [1.165, 1.54) is 0 Å². The topological polar surface area (TPSA) is 58.2 Å². The Kier molecular flexibility index (Phi) is 6.07. The van der Waals surface area contributed by atoms with Crippen LogP contribution in [0.2, 0.25) is 5.02 Å². The third-order valence-electron chi connectivity index (χ3n) is 3.27. The molecule has 2 N–H and O–H groups in total. The van der Waals surface area contributed by atoms with E-state index in [1.807, 2.05) is 24.5 Å². The lowest BCUT2D eigenvalue weighted by molar-refractivity contribution is -0.119. The van der Waals surface area contributed by atoms with Crippen LogP contribution in [0.25, 0.3) is 0 Å². The number of carbonyl (C=O) groups excluding carboxylic acids is 2. The predicted octanol–water partition coefficient (Wildman–Crippen LogP) is 3.60. The first-order chi connectivity index (χ1) is 11.0. The zero-order valence-electron chi connectivity index (χ0n) is 12.9. The minimum Gasteiger partial charge on any atom is -0.359 e. The first kappa shape index (κ1) is 17.4. The number of rotatable bonds is 5. The number of anilines is 1. The van der Waals surface area contributed by atoms with Crippen molar-refractivity contribution in [2.24, 2.45) is 0 Å². The van der Waals surface area contributed by atoms with E-state index < -0.39 is 0 Å². The number of amides is 2. The average Bonchev–Trinajstić information content (AvgIpc) is 2.56. The lowest BCUT2D eigenvalue weighted by atomic mass is 10.1. The van der Waals surface area contributed by atoms with Gasteiger partial charge in [-0.05, 0) is 42.2 Å². The van der Waals surface area contributed by atoms with Crippen molar-refractivity contribution in [2.75, 3.05) is 18.6 Å². The highest BCUT2D eigenvalue weighted by Crippen LogP contribution is 2.24. The molecule has 0 atom stereocenters. The normalized spacial score (nSPS) is 10.2. The van der Waals surface area contributed by atoms with Gasteiger partial charge in [-0.2, -0.15) is 0 Å². The number of hydrogen-bond acceptors (Lipinski definition) is 3. The van der Waals surface area contributed by atoms with E-state index in [-0.39, 0.29) is 11.8 Å². The third-order valence-corrected chi connectivity index (χ3v) is 4.33. The lowest BCUT2D eigenvalue weighted by Crippen LogP contribution is -2.19. The first-order valence-corrected chi connectivity index (χ1v) is 8.58. The molecule has 0 aromatic heterocycles. The van der Waals surface area contributed by atoms with Gasteiger partial charge in [0.05, 0.1) is 17.0 Å². The van der Waals surface area contributed by atoms with Gasteiger partial charge in [0, 0.05) is 17.6 Å². The number of hydrogen-bond donors (Lipinski definition) is 2. The molecule has 6 heteroatoms. The maximum atomic E-state index is 12.3. The van der Waals surface area contributed by atoms with Crippen molar-refractivity contribution in [2.45, 2.75) is 11.3 Å². The molecule has 0 aliphatic heterocycles. The minimum absolute atomic E-state index is 0.0533. The Labute approximate surface area is 144 Å². The van der Waals surface area contributed by atoms with E-state index >= 15 is 0 Å². The molecular formula is C17H17ClN2O2S. The van der Waals surface area contributed by atoms with E-state index in [1.54, 1.807) is 43.1 Å². The molecule has 2 aromatic carbocycles. The fourth-order valence-electron chi connectivity index (χ4n) is 1.98. The Hall–Kier alpha value is -1.98. The number of halogens is 1. The van der Waals surface area contributed by atoms with E-state index in [0.717, 1.165) is 10.5 Å². The van der Waals surface area contributed by atoms with Crippen molar-refractivity contribution < 1.29 is 9.59 Å². The van der Waals surface area contributed by atoms with E-state index in [9.17, 15) is 9.59 Å². The first-order valence-electron chi connectivity index (χ1n) is 6.98. The smallest absolute Gasteiger partial charge is 0.257 e. The Balaban J connectivity index is 2.10. The van der Waals surface area contributed by atoms with Crippen LogP contribution in [-0.4, -0.2) is 25.1 Å². The molecule has 0 unspecified atom stereocenters. The Morgan fingerprint density at radius 3 is 2.43 bits per heavy atom.